The minimum absolute atomic E-state index is 0.0597. The van der Waals surface area contributed by atoms with Crippen LogP contribution in [0.5, 0.6) is 0 Å². The molecule has 18 heavy (non-hydrogen) atoms. The largest absolute Gasteiger partial charge is 0.299 e. The van der Waals surface area contributed by atoms with E-state index in [1.165, 1.54) is 6.33 Å². The molecule has 0 unspecified atom stereocenters. The first kappa shape index (κ1) is 13.1. The molecule has 0 aliphatic heterocycles. The Hall–Kier alpha value is -1.39. The van der Waals surface area contributed by atoms with Crippen molar-refractivity contribution in [1.82, 2.24) is 14.8 Å². The first-order valence-electron chi connectivity index (χ1n) is 5.35. The molecule has 2 aromatic rings. The lowest BCUT2D eigenvalue weighted by atomic mass is 10.1. The molecule has 0 fully saturated rings. The summed E-state index contributed by atoms with van der Waals surface area (Å²) in [6, 6.07) is 5.19. The van der Waals surface area contributed by atoms with Crippen LogP contribution in [0.25, 0.3) is 0 Å². The van der Waals surface area contributed by atoms with Crippen LogP contribution in [0.4, 0.5) is 0 Å². The number of aryl methyl sites for hydroxylation is 1. The van der Waals surface area contributed by atoms with Crippen LogP contribution in [0, 0.1) is 0 Å². The molecule has 0 spiro atoms. The van der Waals surface area contributed by atoms with Gasteiger partial charge in [0.1, 0.15) is 17.9 Å². The smallest absolute Gasteiger partial charge is 0.144 e. The fourth-order valence-electron chi connectivity index (χ4n) is 1.60. The fourth-order valence-corrected chi connectivity index (χ4v) is 1.92. The molecule has 0 aliphatic rings. The van der Waals surface area contributed by atoms with Gasteiger partial charge in [0.25, 0.3) is 0 Å². The minimum atomic E-state index is 0.0597. The van der Waals surface area contributed by atoms with Gasteiger partial charge in [-0.2, -0.15) is 5.10 Å². The number of carbonyl (C=O) groups excluding carboxylic acids is 1. The molecular weight excluding hydrogens is 273 g/mol. The van der Waals surface area contributed by atoms with Crippen LogP contribution in [-0.4, -0.2) is 20.5 Å². The lowest BCUT2D eigenvalue weighted by Crippen LogP contribution is -2.11. The Bertz CT molecular complexity index is 580. The molecule has 1 aromatic carbocycles. The maximum Gasteiger partial charge on any atom is 0.144 e. The molecule has 0 bridgehead atoms. The number of rotatable bonds is 4. The second kappa shape index (κ2) is 5.50. The number of ketones is 1. The lowest BCUT2D eigenvalue weighted by Gasteiger charge is -2.03. The zero-order valence-corrected chi connectivity index (χ0v) is 11.2. The van der Waals surface area contributed by atoms with Crippen LogP contribution in [0.15, 0.2) is 24.5 Å². The van der Waals surface area contributed by atoms with Gasteiger partial charge < -0.3 is 0 Å². The highest BCUT2D eigenvalue weighted by molar-refractivity contribution is 6.42. The van der Waals surface area contributed by atoms with E-state index in [9.17, 15) is 4.79 Å². The van der Waals surface area contributed by atoms with Crippen LogP contribution < -0.4 is 0 Å². The highest BCUT2D eigenvalue weighted by Gasteiger charge is 2.10. The van der Waals surface area contributed by atoms with E-state index in [4.69, 9.17) is 23.2 Å². The van der Waals surface area contributed by atoms with Crippen molar-refractivity contribution in [3.8, 4) is 0 Å². The molecule has 1 aromatic heterocycles. The molecule has 0 saturated heterocycles. The molecule has 0 radical (unpaired) electrons. The predicted molar refractivity (Wildman–Crippen MR) is 69.9 cm³/mol. The zero-order valence-electron chi connectivity index (χ0n) is 9.73. The van der Waals surface area contributed by atoms with Gasteiger partial charge in [-0.25, -0.2) is 4.98 Å². The van der Waals surface area contributed by atoms with Gasteiger partial charge in [0.05, 0.1) is 16.5 Å². The van der Waals surface area contributed by atoms with Gasteiger partial charge in [-0.1, -0.05) is 29.3 Å². The summed E-state index contributed by atoms with van der Waals surface area (Å²) in [4.78, 5) is 15.9. The van der Waals surface area contributed by atoms with Crippen molar-refractivity contribution in [2.45, 2.75) is 12.8 Å². The molecule has 0 saturated carbocycles. The van der Waals surface area contributed by atoms with E-state index in [0.717, 1.165) is 5.56 Å². The summed E-state index contributed by atoms with van der Waals surface area (Å²) in [5.41, 5.74) is 0.844. The van der Waals surface area contributed by atoms with E-state index < -0.39 is 0 Å². The van der Waals surface area contributed by atoms with Crippen molar-refractivity contribution in [2.24, 2.45) is 7.05 Å². The van der Waals surface area contributed by atoms with Crippen LogP contribution >= 0.6 is 23.2 Å². The van der Waals surface area contributed by atoms with Crippen LogP contribution in [-0.2, 0) is 24.7 Å². The van der Waals surface area contributed by atoms with Gasteiger partial charge in [0.2, 0.25) is 0 Å². The molecule has 94 valence electrons. The Morgan fingerprint density at radius 1 is 1.28 bits per heavy atom. The molecule has 4 nitrogen and oxygen atoms in total. The Kier molecular flexibility index (Phi) is 3.99. The van der Waals surface area contributed by atoms with Gasteiger partial charge in [-0.3, -0.25) is 9.48 Å². The summed E-state index contributed by atoms with van der Waals surface area (Å²) in [6.45, 7) is 0. The summed E-state index contributed by atoms with van der Waals surface area (Å²) >= 11 is 11.7. The van der Waals surface area contributed by atoms with E-state index in [-0.39, 0.29) is 12.2 Å². The van der Waals surface area contributed by atoms with Crippen LogP contribution in [0.1, 0.15) is 11.4 Å². The number of aromatic nitrogens is 3. The van der Waals surface area contributed by atoms with Crippen molar-refractivity contribution < 1.29 is 4.79 Å². The Morgan fingerprint density at radius 3 is 2.67 bits per heavy atom. The molecule has 2 rings (SSSR count). The van der Waals surface area contributed by atoms with Crippen LogP contribution in [0.3, 0.4) is 0 Å². The molecular formula is C12H11Cl2N3O. The van der Waals surface area contributed by atoms with Gasteiger partial charge in [-0.15, -0.1) is 0 Å². The summed E-state index contributed by atoms with van der Waals surface area (Å²) in [7, 11) is 1.76. The number of hydrogen-bond donors (Lipinski definition) is 0. The number of carbonyl (C=O) groups is 1. The highest BCUT2D eigenvalue weighted by atomic mass is 35.5. The third-order valence-corrected chi connectivity index (χ3v) is 3.28. The predicted octanol–water partition coefficient (Wildman–Crippen LogP) is 2.48. The van der Waals surface area contributed by atoms with Crippen molar-refractivity contribution in [3.05, 3.63) is 46.0 Å². The van der Waals surface area contributed by atoms with Crippen molar-refractivity contribution in [3.63, 3.8) is 0 Å². The van der Waals surface area contributed by atoms with E-state index in [2.05, 4.69) is 10.1 Å². The molecule has 1 heterocycles. The second-order valence-corrected chi connectivity index (χ2v) is 4.75. The number of Topliss-reactive ketones (excluding diaryl/α,β-unsaturated/α-hetero) is 1. The standard InChI is InChI=1S/C12H11Cl2N3O/c1-17-12(15-7-16-17)6-9(18)4-8-2-3-10(13)11(14)5-8/h2-3,5,7H,4,6H2,1H3. The number of halogens is 2. The monoisotopic (exact) mass is 283 g/mol. The Balaban J connectivity index is 2.03. The van der Waals surface area contributed by atoms with E-state index in [1.54, 1.807) is 29.9 Å². The van der Waals surface area contributed by atoms with Gasteiger partial charge in [-0.05, 0) is 17.7 Å². The first-order valence-corrected chi connectivity index (χ1v) is 6.10. The normalized spacial score (nSPS) is 10.6. The zero-order chi connectivity index (χ0) is 13.1. The number of benzene rings is 1. The topological polar surface area (TPSA) is 47.8 Å². The third kappa shape index (κ3) is 3.09. The van der Waals surface area contributed by atoms with Crippen LogP contribution in [0.2, 0.25) is 10.0 Å². The number of nitrogens with zero attached hydrogens (tertiary/aromatic N) is 3. The minimum Gasteiger partial charge on any atom is -0.299 e. The maximum absolute atomic E-state index is 11.9. The van der Waals surface area contributed by atoms with E-state index >= 15 is 0 Å². The summed E-state index contributed by atoms with van der Waals surface area (Å²) < 4.78 is 1.59. The van der Waals surface area contributed by atoms with E-state index in [1.807, 2.05) is 0 Å². The summed E-state index contributed by atoms with van der Waals surface area (Å²) in [5.74, 6) is 0.713. The van der Waals surface area contributed by atoms with E-state index in [0.29, 0.717) is 22.3 Å². The third-order valence-electron chi connectivity index (χ3n) is 2.55. The van der Waals surface area contributed by atoms with Crippen molar-refractivity contribution in [1.29, 1.82) is 0 Å². The lowest BCUT2D eigenvalue weighted by molar-refractivity contribution is -0.117. The highest BCUT2D eigenvalue weighted by Crippen LogP contribution is 2.22. The average molecular weight is 284 g/mol. The molecule has 0 N–H and O–H groups in total. The first-order chi connectivity index (χ1) is 8.56. The number of hydrogen-bond acceptors (Lipinski definition) is 3. The molecule has 0 amide bonds. The quantitative estimate of drug-likeness (QED) is 0.866. The Labute approximate surface area is 115 Å². The van der Waals surface area contributed by atoms with Crippen molar-refractivity contribution >= 4 is 29.0 Å². The summed E-state index contributed by atoms with van der Waals surface area (Å²) in [6.07, 6.45) is 2.00. The Morgan fingerprint density at radius 2 is 2.06 bits per heavy atom. The maximum atomic E-state index is 11.9. The SMILES string of the molecule is Cn1ncnc1CC(=O)Cc1ccc(Cl)c(Cl)c1. The average Bonchev–Trinajstić information content (AvgIpc) is 2.70. The summed E-state index contributed by atoms with van der Waals surface area (Å²) in [5, 5.41) is 4.86. The molecule has 0 atom stereocenters. The van der Waals surface area contributed by atoms with Gasteiger partial charge in [0.15, 0.2) is 0 Å². The molecule has 6 heteroatoms. The second-order valence-electron chi connectivity index (χ2n) is 3.94. The van der Waals surface area contributed by atoms with Crippen molar-refractivity contribution in [2.75, 3.05) is 0 Å². The fraction of sp³-hybridized carbons (Fsp3) is 0.250. The van der Waals surface area contributed by atoms with Gasteiger partial charge >= 0.3 is 0 Å². The molecule has 0 aliphatic carbocycles. The van der Waals surface area contributed by atoms with Gasteiger partial charge in [0, 0.05) is 13.5 Å².